The fraction of sp³-hybridized carbons (Fsp3) is 0.280. The third kappa shape index (κ3) is 5.22. The van der Waals surface area contributed by atoms with Crippen molar-refractivity contribution in [2.45, 2.75) is 50.1 Å². The van der Waals surface area contributed by atoms with Gasteiger partial charge in [0.05, 0.1) is 5.52 Å². The Morgan fingerprint density at radius 1 is 1.00 bits per heavy atom. The third-order valence-corrected chi connectivity index (χ3v) is 7.45. The van der Waals surface area contributed by atoms with E-state index in [4.69, 9.17) is 16.6 Å². The van der Waals surface area contributed by atoms with Gasteiger partial charge in [0.1, 0.15) is 4.70 Å². The molecule has 0 amide bonds. The molecule has 3 nitrogen and oxygen atoms in total. The highest BCUT2D eigenvalue weighted by molar-refractivity contribution is 7.98. The number of thioether (sulfide) groups is 1. The van der Waals surface area contributed by atoms with Gasteiger partial charge in [-0.1, -0.05) is 80.5 Å². The third-order valence-electron chi connectivity index (χ3n) is 5.26. The summed E-state index contributed by atoms with van der Waals surface area (Å²) < 4.78 is 2.54. The number of thiophene rings is 1. The Bertz CT molecular complexity index is 1240. The van der Waals surface area contributed by atoms with Gasteiger partial charge in [0.2, 0.25) is 0 Å². The van der Waals surface area contributed by atoms with E-state index in [2.05, 4.69) is 45.0 Å². The van der Waals surface area contributed by atoms with Crippen LogP contribution >= 0.6 is 34.7 Å². The number of aryl methyl sites for hydroxylation is 1. The number of halogens is 1. The zero-order chi connectivity index (χ0) is 22.0. The van der Waals surface area contributed by atoms with Crippen molar-refractivity contribution in [2.24, 2.45) is 0 Å². The predicted octanol–water partition coefficient (Wildman–Crippen LogP) is 6.94. The molecule has 0 saturated heterocycles. The normalized spacial score (nSPS) is 11.9. The van der Waals surface area contributed by atoms with Gasteiger partial charge in [-0.05, 0) is 52.1 Å². The quantitative estimate of drug-likeness (QED) is 0.227. The largest absolute Gasteiger partial charge is 0.286 e. The van der Waals surface area contributed by atoms with Crippen LogP contribution in [0.1, 0.15) is 37.5 Å². The van der Waals surface area contributed by atoms with E-state index in [1.165, 1.54) is 22.5 Å². The van der Waals surface area contributed by atoms with Crippen molar-refractivity contribution in [1.82, 2.24) is 9.55 Å². The Labute approximate surface area is 196 Å². The van der Waals surface area contributed by atoms with E-state index in [9.17, 15) is 4.79 Å². The van der Waals surface area contributed by atoms with E-state index in [0.717, 1.165) is 38.1 Å². The van der Waals surface area contributed by atoms with Crippen LogP contribution in [0.2, 0.25) is 5.02 Å². The second-order valence-corrected chi connectivity index (χ2v) is 10.9. The summed E-state index contributed by atoms with van der Waals surface area (Å²) in [4.78, 5) is 18.0. The van der Waals surface area contributed by atoms with E-state index in [0.29, 0.717) is 6.54 Å². The molecular weight excluding hydrogens is 444 g/mol. The van der Waals surface area contributed by atoms with Crippen molar-refractivity contribution in [3.05, 3.63) is 92.0 Å². The number of nitrogens with zero attached hydrogens (tertiary/aromatic N) is 2. The fourth-order valence-corrected chi connectivity index (χ4v) is 5.26. The molecule has 0 N–H and O–H groups in total. The molecule has 31 heavy (non-hydrogen) atoms. The van der Waals surface area contributed by atoms with Gasteiger partial charge in [-0.15, -0.1) is 11.3 Å². The Kier molecular flexibility index (Phi) is 6.56. The number of rotatable bonds is 6. The summed E-state index contributed by atoms with van der Waals surface area (Å²) in [6, 6.07) is 18.4. The van der Waals surface area contributed by atoms with Gasteiger partial charge in [0, 0.05) is 17.3 Å². The van der Waals surface area contributed by atoms with Crippen LogP contribution in [0, 0.1) is 0 Å². The van der Waals surface area contributed by atoms with Crippen molar-refractivity contribution in [2.75, 3.05) is 0 Å². The summed E-state index contributed by atoms with van der Waals surface area (Å²) in [6.07, 6.45) is 0.753. The molecule has 0 aliphatic rings. The van der Waals surface area contributed by atoms with Crippen molar-refractivity contribution in [1.29, 1.82) is 0 Å². The lowest BCUT2D eigenvalue weighted by Crippen LogP contribution is -2.23. The predicted molar refractivity (Wildman–Crippen MR) is 134 cm³/mol. The Morgan fingerprint density at radius 2 is 1.68 bits per heavy atom. The van der Waals surface area contributed by atoms with Crippen molar-refractivity contribution < 1.29 is 0 Å². The molecule has 4 aromatic rings. The highest BCUT2D eigenvalue weighted by Gasteiger charge is 2.15. The average molecular weight is 469 g/mol. The monoisotopic (exact) mass is 468 g/mol. The minimum atomic E-state index is 0.0412. The van der Waals surface area contributed by atoms with Crippen LogP contribution in [0.25, 0.3) is 10.2 Å². The molecule has 4 rings (SSSR count). The molecule has 2 aromatic heterocycles. The summed E-state index contributed by atoms with van der Waals surface area (Å²) in [5.41, 5.74) is 4.65. The van der Waals surface area contributed by atoms with Crippen molar-refractivity contribution >= 4 is 44.9 Å². The van der Waals surface area contributed by atoms with E-state index in [-0.39, 0.29) is 11.0 Å². The van der Waals surface area contributed by atoms with Gasteiger partial charge in [0.25, 0.3) is 5.56 Å². The van der Waals surface area contributed by atoms with Gasteiger partial charge < -0.3 is 0 Å². The molecule has 0 atom stereocenters. The molecule has 0 saturated carbocycles. The second-order valence-electron chi connectivity index (χ2n) is 8.60. The van der Waals surface area contributed by atoms with Crippen LogP contribution in [-0.4, -0.2) is 9.55 Å². The maximum atomic E-state index is 13.2. The standard InChI is InChI=1S/C25H25ClN2OS2/c1-25(2,3)19-8-4-18(5-9-19)16-31-24-27-21-13-15-30-22(21)23(29)28(24)14-12-17-6-10-20(26)11-7-17/h4-11,13,15H,12,14,16H2,1-3H3. The summed E-state index contributed by atoms with van der Waals surface area (Å²) in [7, 11) is 0. The number of hydrogen-bond donors (Lipinski definition) is 0. The second kappa shape index (κ2) is 9.19. The highest BCUT2D eigenvalue weighted by atomic mass is 35.5. The molecular formula is C25H25ClN2OS2. The lowest BCUT2D eigenvalue weighted by Gasteiger charge is -2.19. The first-order chi connectivity index (χ1) is 14.8. The lowest BCUT2D eigenvalue weighted by atomic mass is 9.87. The molecule has 0 bridgehead atoms. The van der Waals surface area contributed by atoms with Crippen molar-refractivity contribution in [3.8, 4) is 0 Å². The molecule has 160 valence electrons. The maximum Gasteiger partial charge on any atom is 0.272 e. The number of benzene rings is 2. The first-order valence-electron chi connectivity index (χ1n) is 10.3. The molecule has 2 aromatic carbocycles. The minimum absolute atomic E-state index is 0.0412. The van der Waals surface area contributed by atoms with E-state index in [1.807, 2.05) is 40.3 Å². The average Bonchev–Trinajstić information content (AvgIpc) is 3.21. The fourth-order valence-electron chi connectivity index (χ4n) is 3.37. The van der Waals surface area contributed by atoms with E-state index >= 15 is 0 Å². The maximum absolute atomic E-state index is 13.2. The number of hydrogen-bond acceptors (Lipinski definition) is 4. The number of aromatic nitrogens is 2. The van der Waals surface area contributed by atoms with Crippen LogP contribution in [0.3, 0.4) is 0 Å². The number of fused-ring (bicyclic) bond motifs is 1. The van der Waals surface area contributed by atoms with Gasteiger partial charge in [-0.3, -0.25) is 9.36 Å². The zero-order valence-electron chi connectivity index (χ0n) is 17.9. The van der Waals surface area contributed by atoms with Gasteiger partial charge >= 0.3 is 0 Å². The lowest BCUT2D eigenvalue weighted by molar-refractivity contribution is 0.590. The zero-order valence-corrected chi connectivity index (χ0v) is 20.3. The molecule has 2 heterocycles. The van der Waals surface area contributed by atoms with Gasteiger partial charge in [0.15, 0.2) is 5.16 Å². The summed E-state index contributed by atoms with van der Waals surface area (Å²) in [5.74, 6) is 0.771. The molecule has 0 radical (unpaired) electrons. The van der Waals surface area contributed by atoms with Crippen LogP contribution in [0.5, 0.6) is 0 Å². The Hall–Kier alpha value is -2.08. The molecule has 6 heteroatoms. The van der Waals surface area contributed by atoms with Crippen LogP contribution in [0.4, 0.5) is 0 Å². The van der Waals surface area contributed by atoms with E-state index < -0.39 is 0 Å². The van der Waals surface area contributed by atoms with E-state index in [1.54, 1.807) is 11.8 Å². The summed E-state index contributed by atoms with van der Waals surface area (Å²) in [5, 5.41) is 3.42. The van der Waals surface area contributed by atoms with Crippen LogP contribution in [-0.2, 0) is 24.1 Å². The van der Waals surface area contributed by atoms with Crippen molar-refractivity contribution in [3.63, 3.8) is 0 Å². The Balaban J connectivity index is 1.57. The SMILES string of the molecule is CC(C)(C)c1ccc(CSc2nc3ccsc3c(=O)n2CCc2ccc(Cl)cc2)cc1. The summed E-state index contributed by atoms with van der Waals surface area (Å²) in [6.45, 7) is 7.25. The minimum Gasteiger partial charge on any atom is -0.286 e. The molecule has 0 aliphatic heterocycles. The summed E-state index contributed by atoms with van der Waals surface area (Å²) >= 11 is 9.07. The topological polar surface area (TPSA) is 34.9 Å². The molecule has 0 spiro atoms. The highest BCUT2D eigenvalue weighted by Crippen LogP contribution is 2.27. The first kappa shape index (κ1) is 22.1. The van der Waals surface area contributed by atoms with Gasteiger partial charge in [-0.2, -0.15) is 0 Å². The smallest absolute Gasteiger partial charge is 0.272 e. The van der Waals surface area contributed by atoms with Gasteiger partial charge in [-0.25, -0.2) is 4.98 Å². The Morgan fingerprint density at radius 3 is 2.35 bits per heavy atom. The first-order valence-corrected chi connectivity index (χ1v) is 12.5. The van der Waals surface area contributed by atoms with Crippen LogP contribution < -0.4 is 5.56 Å². The molecule has 0 aliphatic carbocycles. The molecule has 0 unspecified atom stereocenters. The van der Waals surface area contributed by atoms with Crippen LogP contribution in [0.15, 0.2) is 69.9 Å². The molecule has 0 fully saturated rings.